The van der Waals surface area contributed by atoms with Gasteiger partial charge in [-0.2, -0.15) is 0 Å². The van der Waals surface area contributed by atoms with Gasteiger partial charge in [0.25, 0.3) is 0 Å². The van der Waals surface area contributed by atoms with Gasteiger partial charge in [-0.15, -0.1) is 0 Å². The minimum absolute atomic E-state index is 0.612. The number of aromatic nitrogens is 4. The van der Waals surface area contributed by atoms with E-state index in [2.05, 4.69) is 21.4 Å². The van der Waals surface area contributed by atoms with E-state index in [1.54, 1.807) is 25.7 Å². The number of hydrogen-bond acceptors (Lipinski definition) is 6. The van der Waals surface area contributed by atoms with E-state index in [-0.39, 0.29) is 0 Å². The standard InChI is InChI=1S/C23H17N5O/c1-29-18-7-9-21-19(13-18)23(28-22(27-21)16-5-2-10-24-14-16)26-17-6-8-20-15(12-17)4-3-11-25-20/h2-14H,1H3,(H,26,27,28). The fraction of sp³-hybridized carbons (Fsp3) is 0.0435. The van der Waals surface area contributed by atoms with Crippen LogP contribution in [0.2, 0.25) is 0 Å². The molecular weight excluding hydrogens is 362 g/mol. The number of anilines is 2. The molecule has 0 bridgehead atoms. The van der Waals surface area contributed by atoms with Gasteiger partial charge in [0.1, 0.15) is 11.6 Å². The lowest BCUT2D eigenvalue weighted by Crippen LogP contribution is -2.00. The summed E-state index contributed by atoms with van der Waals surface area (Å²) in [6.07, 6.45) is 5.29. The van der Waals surface area contributed by atoms with Crippen molar-refractivity contribution in [2.75, 3.05) is 12.4 Å². The first-order valence-corrected chi connectivity index (χ1v) is 9.18. The normalized spacial score (nSPS) is 10.9. The zero-order valence-electron chi connectivity index (χ0n) is 15.7. The Morgan fingerprint density at radius 2 is 1.76 bits per heavy atom. The molecule has 140 valence electrons. The Morgan fingerprint density at radius 1 is 0.862 bits per heavy atom. The summed E-state index contributed by atoms with van der Waals surface area (Å²) in [4.78, 5) is 18.1. The number of benzene rings is 2. The molecule has 0 atom stereocenters. The van der Waals surface area contributed by atoms with Gasteiger partial charge in [0.15, 0.2) is 5.82 Å². The number of ether oxygens (including phenoxy) is 1. The lowest BCUT2D eigenvalue weighted by molar-refractivity contribution is 0.415. The average molecular weight is 379 g/mol. The monoisotopic (exact) mass is 379 g/mol. The molecule has 0 aliphatic heterocycles. The Balaban J connectivity index is 1.66. The fourth-order valence-corrected chi connectivity index (χ4v) is 3.24. The van der Waals surface area contributed by atoms with Crippen LogP contribution in [-0.2, 0) is 0 Å². The van der Waals surface area contributed by atoms with Crippen LogP contribution < -0.4 is 10.1 Å². The largest absolute Gasteiger partial charge is 0.497 e. The zero-order valence-corrected chi connectivity index (χ0v) is 15.7. The van der Waals surface area contributed by atoms with Gasteiger partial charge in [0, 0.05) is 40.6 Å². The van der Waals surface area contributed by atoms with Crippen LogP contribution in [0.1, 0.15) is 0 Å². The quantitative estimate of drug-likeness (QED) is 0.474. The molecule has 6 nitrogen and oxygen atoms in total. The van der Waals surface area contributed by atoms with Gasteiger partial charge in [-0.3, -0.25) is 9.97 Å². The molecule has 0 amide bonds. The molecule has 0 saturated carbocycles. The summed E-state index contributed by atoms with van der Waals surface area (Å²) in [5.41, 5.74) is 3.55. The highest BCUT2D eigenvalue weighted by atomic mass is 16.5. The van der Waals surface area contributed by atoms with Crippen LogP contribution in [0.25, 0.3) is 33.2 Å². The summed E-state index contributed by atoms with van der Waals surface area (Å²) in [6.45, 7) is 0. The Labute approximate surface area is 167 Å². The molecule has 5 rings (SSSR count). The molecule has 0 radical (unpaired) electrons. The van der Waals surface area contributed by atoms with E-state index in [0.29, 0.717) is 11.6 Å². The Hall–Kier alpha value is -4.06. The fourth-order valence-electron chi connectivity index (χ4n) is 3.24. The number of hydrogen-bond donors (Lipinski definition) is 1. The van der Waals surface area contributed by atoms with E-state index < -0.39 is 0 Å². The predicted octanol–water partition coefficient (Wildman–Crippen LogP) is 4.99. The highest BCUT2D eigenvalue weighted by Crippen LogP contribution is 2.30. The minimum Gasteiger partial charge on any atom is -0.497 e. The number of pyridine rings is 2. The second-order valence-electron chi connectivity index (χ2n) is 6.56. The molecular formula is C23H17N5O. The molecule has 6 heteroatoms. The minimum atomic E-state index is 0.612. The Morgan fingerprint density at radius 3 is 2.62 bits per heavy atom. The van der Waals surface area contributed by atoms with Gasteiger partial charge in [0.05, 0.1) is 18.1 Å². The summed E-state index contributed by atoms with van der Waals surface area (Å²) < 4.78 is 5.40. The smallest absolute Gasteiger partial charge is 0.163 e. The summed E-state index contributed by atoms with van der Waals surface area (Å²) in [7, 11) is 1.65. The molecule has 0 aliphatic carbocycles. The van der Waals surface area contributed by atoms with Crippen LogP contribution in [0.3, 0.4) is 0 Å². The molecule has 2 aromatic carbocycles. The third-order valence-electron chi connectivity index (χ3n) is 4.69. The van der Waals surface area contributed by atoms with E-state index in [1.165, 1.54) is 0 Å². The summed E-state index contributed by atoms with van der Waals surface area (Å²) >= 11 is 0. The highest BCUT2D eigenvalue weighted by molar-refractivity contribution is 5.94. The summed E-state index contributed by atoms with van der Waals surface area (Å²) in [6, 6.07) is 19.6. The lowest BCUT2D eigenvalue weighted by atomic mass is 10.1. The van der Waals surface area contributed by atoms with Crippen molar-refractivity contribution < 1.29 is 4.74 Å². The number of methoxy groups -OCH3 is 1. The van der Waals surface area contributed by atoms with Gasteiger partial charge in [-0.1, -0.05) is 6.07 Å². The molecule has 29 heavy (non-hydrogen) atoms. The second-order valence-corrected chi connectivity index (χ2v) is 6.56. The van der Waals surface area contributed by atoms with Crippen molar-refractivity contribution in [1.82, 2.24) is 19.9 Å². The first-order valence-electron chi connectivity index (χ1n) is 9.18. The van der Waals surface area contributed by atoms with Crippen molar-refractivity contribution in [3.8, 4) is 17.1 Å². The van der Waals surface area contributed by atoms with Crippen LogP contribution >= 0.6 is 0 Å². The van der Waals surface area contributed by atoms with Crippen molar-refractivity contribution in [3.05, 3.63) is 79.3 Å². The van der Waals surface area contributed by atoms with Crippen LogP contribution in [0.4, 0.5) is 11.5 Å². The highest BCUT2D eigenvalue weighted by Gasteiger charge is 2.11. The van der Waals surface area contributed by atoms with E-state index in [9.17, 15) is 0 Å². The maximum atomic E-state index is 5.40. The molecule has 1 N–H and O–H groups in total. The van der Waals surface area contributed by atoms with E-state index in [4.69, 9.17) is 14.7 Å². The molecule has 0 unspecified atom stereocenters. The maximum Gasteiger partial charge on any atom is 0.163 e. The molecule has 0 fully saturated rings. The maximum absolute atomic E-state index is 5.40. The molecule has 3 aromatic heterocycles. The molecule has 3 heterocycles. The van der Waals surface area contributed by atoms with Gasteiger partial charge in [-0.25, -0.2) is 9.97 Å². The van der Waals surface area contributed by atoms with Gasteiger partial charge < -0.3 is 10.1 Å². The topological polar surface area (TPSA) is 72.8 Å². The number of fused-ring (bicyclic) bond motifs is 2. The number of nitrogens with one attached hydrogen (secondary N) is 1. The van der Waals surface area contributed by atoms with E-state index >= 15 is 0 Å². The lowest BCUT2D eigenvalue weighted by Gasteiger charge is -2.12. The van der Waals surface area contributed by atoms with E-state index in [0.717, 1.165) is 38.8 Å². The van der Waals surface area contributed by atoms with Gasteiger partial charge >= 0.3 is 0 Å². The second kappa shape index (κ2) is 7.16. The van der Waals surface area contributed by atoms with Crippen LogP contribution in [0.5, 0.6) is 5.75 Å². The van der Waals surface area contributed by atoms with Crippen molar-refractivity contribution in [2.24, 2.45) is 0 Å². The van der Waals surface area contributed by atoms with Crippen molar-refractivity contribution in [1.29, 1.82) is 0 Å². The van der Waals surface area contributed by atoms with Crippen molar-refractivity contribution in [3.63, 3.8) is 0 Å². The molecule has 5 aromatic rings. The predicted molar refractivity (Wildman–Crippen MR) is 114 cm³/mol. The summed E-state index contributed by atoms with van der Waals surface area (Å²) in [5.74, 6) is 2.07. The van der Waals surface area contributed by atoms with Crippen molar-refractivity contribution >= 4 is 33.3 Å². The first-order chi connectivity index (χ1) is 14.3. The van der Waals surface area contributed by atoms with Crippen LogP contribution in [0.15, 0.2) is 79.3 Å². The number of nitrogens with zero attached hydrogens (tertiary/aromatic N) is 4. The van der Waals surface area contributed by atoms with Crippen molar-refractivity contribution in [2.45, 2.75) is 0 Å². The van der Waals surface area contributed by atoms with Gasteiger partial charge in [0.2, 0.25) is 0 Å². The molecule has 0 spiro atoms. The third-order valence-corrected chi connectivity index (χ3v) is 4.69. The Bertz CT molecular complexity index is 1320. The number of rotatable bonds is 4. The third kappa shape index (κ3) is 3.32. The Kier molecular flexibility index (Phi) is 4.22. The average Bonchev–Trinajstić information content (AvgIpc) is 2.79. The van der Waals surface area contributed by atoms with Crippen LogP contribution in [-0.4, -0.2) is 27.0 Å². The molecule has 0 aliphatic rings. The SMILES string of the molecule is COc1ccc2nc(-c3cccnc3)nc(Nc3ccc4ncccc4c3)c2c1. The zero-order chi connectivity index (χ0) is 19.6. The molecule has 0 saturated heterocycles. The summed E-state index contributed by atoms with van der Waals surface area (Å²) in [5, 5.41) is 5.38. The first kappa shape index (κ1) is 17.1. The van der Waals surface area contributed by atoms with Gasteiger partial charge in [-0.05, 0) is 54.6 Å². The van der Waals surface area contributed by atoms with Crippen LogP contribution in [0, 0.1) is 0 Å². The van der Waals surface area contributed by atoms with E-state index in [1.807, 2.05) is 54.6 Å².